The van der Waals surface area contributed by atoms with Gasteiger partial charge in [0.05, 0.1) is 0 Å². The van der Waals surface area contributed by atoms with Gasteiger partial charge in [-0.1, -0.05) is 26.7 Å². The number of hydrogen-bond donors (Lipinski definition) is 0. The largest absolute Gasteiger partial charge is 0.248 e. The van der Waals surface area contributed by atoms with Crippen LogP contribution in [-0.4, -0.2) is 16.2 Å². The molecule has 0 amide bonds. The predicted octanol–water partition coefficient (Wildman–Crippen LogP) is 3.48. The highest BCUT2D eigenvalue weighted by atomic mass is 127. The summed E-state index contributed by atoms with van der Waals surface area (Å²) in [6, 6.07) is 0. The second kappa shape index (κ2) is 5.43. The van der Waals surface area contributed by atoms with Gasteiger partial charge in [0.1, 0.15) is 0 Å². The molecule has 0 saturated carbocycles. The molecule has 1 rings (SSSR count). The van der Waals surface area contributed by atoms with Crippen molar-refractivity contribution < 1.29 is 0 Å². The summed E-state index contributed by atoms with van der Waals surface area (Å²) in [5.41, 5.74) is 0. The van der Waals surface area contributed by atoms with Gasteiger partial charge in [0.2, 0.25) is 0 Å². The zero-order chi connectivity index (χ0) is 8.97. The van der Waals surface area contributed by atoms with E-state index in [4.69, 9.17) is 0 Å². The molecule has 0 bridgehead atoms. The summed E-state index contributed by atoms with van der Waals surface area (Å²) in [6.07, 6.45) is 5.74. The Labute approximate surface area is 90.4 Å². The molecule has 2 heteroatoms. The van der Waals surface area contributed by atoms with Crippen molar-refractivity contribution in [2.45, 2.75) is 39.5 Å². The van der Waals surface area contributed by atoms with Crippen molar-refractivity contribution in [3.05, 3.63) is 0 Å². The van der Waals surface area contributed by atoms with E-state index >= 15 is 0 Å². The van der Waals surface area contributed by atoms with E-state index in [2.05, 4.69) is 39.8 Å². The molecule has 1 aliphatic heterocycles. The minimum atomic E-state index is 0.891. The van der Waals surface area contributed by atoms with Crippen LogP contribution in [-0.2, 0) is 0 Å². The molecule has 12 heavy (non-hydrogen) atoms. The Hall–Kier alpha value is 0.690. The lowest BCUT2D eigenvalue weighted by Gasteiger charge is -2.27. The van der Waals surface area contributed by atoms with E-state index in [1.54, 1.807) is 0 Å². The molecule has 0 aromatic carbocycles. The van der Waals surface area contributed by atoms with E-state index in [9.17, 15) is 0 Å². The molecule has 0 radical (unpaired) electrons. The summed E-state index contributed by atoms with van der Waals surface area (Å²) >= 11 is 2.44. The predicted molar refractivity (Wildman–Crippen MR) is 62.4 cm³/mol. The Morgan fingerprint density at radius 2 is 1.92 bits per heavy atom. The fourth-order valence-corrected chi connectivity index (χ4v) is 2.32. The fourth-order valence-electron chi connectivity index (χ4n) is 1.76. The summed E-state index contributed by atoms with van der Waals surface area (Å²) in [5, 5.41) is 0. The lowest BCUT2D eigenvalue weighted by molar-refractivity contribution is 0.281. The minimum Gasteiger partial charge on any atom is -0.248 e. The van der Waals surface area contributed by atoms with Crippen LogP contribution in [0.5, 0.6) is 0 Å². The van der Waals surface area contributed by atoms with Gasteiger partial charge in [-0.3, -0.25) is 0 Å². The lowest BCUT2D eigenvalue weighted by Crippen LogP contribution is -2.25. The van der Waals surface area contributed by atoms with Crippen molar-refractivity contribution in [2.75, 3.05) is 13.1 Å². The van der Waals surface area contributed by atoms with Gasteiger partial charge in [-0.2, -0.15) is 0 Å². The molecule has 1 heterocycles. The van der Waals surface area contributed by atoms with Gasteiger partial charge in [-0.15, -0.1) is 0 Å². The molecule has 0 spiro atoms. The van der Waals surface area contributed by atoms with Gasteiger partial charge in [0.25, 0.3) is 0 Å². The minimum absolute atomic E-state index is 0.891. The Morgan fingerprint density at radius 3 is 2.42 bits per heavy atom. The molecule has 0 aliphatic carbocycles. The first-order valence-corrected chi connectivity index (χ1v) is 6.05. The van der Waals surface area contributed by atoms with E-state index in [1.165, 1.54) is 38.8 Å². The van der Waals surface area contributed by atoms with E-state index < -0.39 is 0 Å². The molecule has 0 N–H and O–H groups in total. The van der Waals surface area contributed by atoms with Gasteiger partial charge in [0.15, 0.2) is 0 Å². The molecular formula is C10H20IN. The van der Waals surface area contributed by atoms with Crippen molar-refractivity contribution in [1.29, 1.82) is 0 Å². The van der Waals surface area contributed by atoms with Gasteiger partial charge in [-0.05, 0) is 24.7 Å². The van der Waals surface area contributed by atoms with E-state index in [0.29, 0.717) is 0 Å². The first kappa shape index (κ1) is 10.8. The van der Waals surface area contributed by atoms with Crippen LogP contribution < -0.4 is 0 Å². The summed E-state index contributed by atoms with van der Waals surface area (Å²) in [5.74, 6) is 1.92. The van der Waals surface area contributed by atoms with Crippen LogP contribution in [0.1, 0.15) is 39.5 Å². The van der Waals surface area contributed by atoms with Crippen LogP contribution in [0.2, 0.25) is 0 Å². The Morgan fingerprint density at radius 1 is 1.33 bits per heavy atom. The van der Waals surface area contributed by atoms with Crippen molar-refractivity contribution in [3.8, 4) is 0 Å². The number of rotatable bonds is 3. The second-order valence-corrected chi connectivity index (χ2v) is 5.69. The molecular weight excluding hydrogens is 261 g/mol. The quantitative estimate of drug-likeness (QED) is 0.565. The zero-order valence-corrected chi connectivity index (χ0v) is 10.4. The van der Waals surface area contributed by atoms with Crippen LogP contribution in [0.3, 0.4) is 0 Å². The van der Waals surface area contributed by atoms with Crippen molar-refractivity contribution in [3.63, 3.8) is 0 Å². The lowest BCUT2D eigenvalue weighted by atomic mass is 9.90. The number of hydrogen-bond acceptors (Lipinski definition) is 1. The topological polar surface area (TPSA) is 3.24 Å². The van der Waals surface area contributed by atoms with Crippen molar-refractivity contribution in [1.82, 2.24) is 3.11 Å². The summed E-state index contributed by atoms with van der Waals surface area (Å²) in [6.45, 7) is 7.27. The Kier molecular flexibility index (Phi) is 4.87. The first-order chi connectivity index (χ1) is 5.68. The van der Waals surface area contributed by atoms with Crippen molar-refractivity contribution >= 4 is 22.9 Å². The molecule has 0 atom stereocenters. The number of piperidine rings is 1. The maximum absolute atomic E-state index is 2.44. The number of halogens is 1. The highest BCUT2D eigenvalue weighted by molar-refractivity contribution is 14.1. The molecule has 1 aliphatic rings. The average molecular weight is 281 g/mol. The van der Waals surface area contributed by atoms with E-state index in [-0.39, 0.29) is 0 Å². The molecule has 1 nitrogen and oxygen atoms in total. The highest BCUT2D eigenvalue weighted by Gasteiger charge is 2.17. The molecule has 0 unspecified atom stereocenters. The molecule has 1 fully saturated rings. The van der Waals surface area contributed by atoms with Gasteiger partial charge in [-0.25, -0.2) is 3.11 Å². The van der Waals surface area contributed by atoms with Crippen molar-refractivity contribution in [2.24, 2.45) is 11.8 Å². The van der Waals surface area contributed by atoms with Crippen LogP contribution in [0.15, 0.2) is 0 Å². The maximum Gasteiger partial charge on any atom is 0.0201 e. The third kappa shape index (κ3) is 4.08. The Bertz CT molecular complexity index is 117. The molecule has 0 aromatic rings. The summed E-state index contributed by atoms with van der Waals surface area (Å²) in [7, 11) is 0. The average Bonchev–Trinajstić information content (AvgIpc) is 2.03. The summed E-state index contributed by atoms with van der Waals surface area (Å²) in [4.78, 5) is 0. The van der Waals surface area contributed by atoms with Crippen LogP contribution >= 0.6 is 22.9 Å². The van der Waals surface area contributed by atoms with Gasteiger partial charge >= 0.3 is 0 Å². The van der Waals surface area contributed by atoms with Gasteiger partial charge < -0.3 is 0 Å². The number of nitrogens with zero attached hydrogens (tertiary/aromatic N) is 1. The third-order valence-electron chi connectivity index (χ3n) is 2.71. The first-order valence-electron chi connectivity index (χ1n) is 5.09. The SMILES string of the molecule is CC(C)CCC1CCN(I)CC1. The normalized spacial score (nSPS) is 22.0. The van der Waals surface area contributed by atoms with Gasteiger partial charge in [0, 0.05) is 36.0 Å². The monoisotopic (exact) mass is 281 g/mol. The summed E-state index contributed by atoms with van der Waals surface area (Å²) < 4.78 is 2.42. The standard InChI is InChI=1S/C10H20IN/c1-9(2)3-4-10-5-7-12(11)8-6-10/h9-10H,3-8H2,1-2H3. The van der Waals surface area contributed by atoms with Crippen LogP contribution in [0.25, 0.3) is 0 Å². The molecule has 72 valence electrons. The molecule has 1 saturated heterocycles. The second-order valence-electron chi connectivity index (χ2n) is 4.32. The zero-order valence-electron chi connectivity index (χ0n) is 8.22. The third-order valence-corrected chi connectivity index (χ3v) is 3.68. The molecule has 0 aromatic heterocycles. The maximum atomic E-state index is 2.44. The smallest absolute Gasteiger partial charge is 0.0201 e. The van der Waals surface area contributed by atoms with Crippen LogP contribution in [0.4, 0.5) is 0 Å². The van der Waals surface area contributed by atoms with E-state index in [1.807, 2.05) is 0 Å². The van der Waals surface area contributed by atoms with E-state index in [0.717, 1.165) is 11.8 Å². The Balaban J connectivity index is 2.09. The fraction of sp³-hybridized carbons (Fsp3) is 1.00. The highest BCUT2D eigenvalue weighted by Crippen LogP contribution is 2.24. The van der Waals surface area contributed by atoms with Crippen LogP contribution in [0, 0.1) is 11.8 Å².